The van der Waals surface area contributed by atoms with Crippen LogP contribution < -0.4 is 0 Å². The van der Waals surface area contributed by atoms with Crippen molar-refractivity contribution >= 4 is 28.3 Å². The van der Waals surface area contributed by atoms with Crippen molar-refractivity contribution in [1.29, 1.82) is 0 Å². The first-order valence-electron chi connectivity index (χ1n) is 8.56. The summed E-state index contributed by atoms with van der Waals surface area (Å²) in [5, 5.41) is 0. The summed E-state index contributed by atoms with van der Waals surface area (Å²) in [6, 6.07) is 20.6. The van der Waals surface area contributed by atoms with Crippen molar-refractivity contribution in [1.82, 2.24) is 0 Å². The Morgan fingerprint density at radius 3 is 1.37 bits per heavy atom. The van der Waals surface area contributed by atoms with Crippen LogP contribution in [0.2, 0.25) is 0 Å². The van der Waals surface area contributed by atoms with Crippen molar-refractivity contribution in [2.45, 2.75) is 41.0 Å². The maximum absolute atomic E-state index is 3.66. The van der Waals surface area contributed by atoms with Gasteiger partial charge in [0.05, 0.1) is 0 Å². The van der Waals surface area contributed by atoms with Crippen LogP contribution in [-0.4, -0.2) is 0 Å². The van der Waals surface area contributed by atoms with E-state index in [0.29, 0.717) is 0 Å². The summed E-state index contributed by atoms with van der Waals surface area (Å²) >= 11 is 7.12. The molecule has 4 heteroatoms. The molecule has 0 spiro atoms. The van der Waals surface area contributed by atoms with Crippen molar-refractivity contribution < 1.29 is 43.8 Å². The minimum absolute atomic E-state index is 0. The Morgan fingerprint density at radius 2 is 1.15 bits per heavy atom. The Hall–Kier alpha value is 0.360. The van der Waals surface area contributed by atoms with Crippen LogP contribution in [-0.2, 0) is 50.2 Å². The molecule has 0 bridgehead atoms. The molecule has 0 saturated carbocycles. The fourth-order valence-corrected chi connectivity index (χ4v) is 1.32. The van der Waals surface area contributed by atoms with Gasteiger partial charge >= 0.3 is 39.5 Å². The second kappa shape index (κ2) is 40.9. The molecule has 0 fully saturated rings. The molecule has 1 radical (unpaired) electrons. The third kappa shape index (κ3) is 41.7. The van der Waals surface area contributed by atoms with Crippen LogP contribution in [0.5, 0.6) is 0 Å². The van der Waals surface area contributed by atoms with Gasteiger partial charge in [0.2, 0.25) is 0 Å². The SMILES string of the molecule is C=CCc1ccccc1.C=C[CH2-].CC.CC.Cc1ccccc1.[Br][Co][Br].[Y]. The van der Waals surface area contributed by atoms with Crippen molar-refractivity contribution in [2.75, 3.05) is 0 Å². The molecule has 27 heavy (non-hydrogen) atoms. The monoisotopic (exact) mass is 617 g/mol. The zero-order chi connectivity index (χ0) is 21.1. The van der Waals surface area contributed by atoms with Gasteiger partial charge in [-0.15, -0.1) is 6.58 Å². The number of rotatable bonds is 2. The zero-order valence-corrected chi connectivity index (χ0v) is 24.5. The second-order valence-electron chi connectivity index (χ2n) is 3.97. The minimum Gasteiger partial charge on any atom is 0 e. The van der Waals surface area contributed by atoms with Crippen LogP contribution in [0.25, 0.3) is 0 Å². The van der Waals surface area contributed by atoms with E-state index in [4.69, 9.17) is 0 Å². The molecule has 0 amide bonds. The number of aryl methyl sites for hydroxylation is 1. The predicted octanol–water partition coefficient (Wildman–Crippen LogP) is 9.16. The van der Waals surface area contributed by atoms with Gasteiger partial charge in [-0.05, 0) is 18.9 Å². The molecule has 2 aromatic carbocycles. The van der Waals surface area contributed by atoms with Crippen molar-refractivity contribution in [2.24, 2.45) is 0 Å². The van der Waals surface area contributed by atoms with Gasteiger partial charge < -0.3 is 0 Å². The van der Waals surface area contributed by atoms with E-state index in [0.717, 1.165) is 17.5 Å². The Labute approximate surface area is 215 Å². The topological polar surface area (TPSA) is 0 Å². The van der Waals surface area contributed by atoms with Crippen molar-refractivity contribution in [3.05, 3.63) is 104 Å². The van der Waals surface area contributed by atoms with Gasteiger partial charge in [-0.25, -0.2) is 19.6 Å². The molecule has 0 unspecified atom stereocenters. The molecule has 154 valence electrons. The third-order valence-corrected chi connectivity index (χ3v) is 2.16. The van der Waals surface area contributed by atoms with E-state index >= 15 is 0 Å². The van der Waals surface area contributed by atoms with Crippen LogP contribution in [0.4, 0.5) is 0 Å². The van der Waals surface area contributed by atoms with E-state index in [1.54, 1.807) is 0 Å². The van der Waals surface area contributed by atoms with Crippen LogP contribution in [0.3, 0.4) is 0 Å². The molecule has 0 N–H and O–H groups in total. The van der Waals surface area contributed by atoms with Gasteiger partial charge in [0.15, 0.2) is 0 Å². The molecule has 0 nitrogen and oxygen atoms in total. The first kappa shape index (κ1) is 38.0. The van der Waals surface area contributed by atoms with Gasteiger partial charge in [-0.3, -0.25) is 0 Å². The molecule has 0 aromatic heterocycles. The number of allylic oxidation sites excluding steroid dienone is 2. The van der Waals surface area contributed by atoms with Crippen LogP contribution in [0.15, 0.2) is 86.0 Å². The average molecular weight is 619 g/mol. The van der Waals surface area contributed by atoms with Crippen molar-refractivity contribution in [3.63, 3.8) is 0 Å². The van der Waals surface area contributed by atoms with E-state index < -0.39 is 0 Å². The van der Waals surface area contributed by atoms with Gasteiger partial charge in [0, 0.05) is 32.7 Å². The van der Waals surface area contributed by atoms with E-state index in [1.807, 2.05) is 70.2 Å². The second-order valence-corrected chi connectivity index (χ2v) is 9.22. The number of halogens is 2. The first-order valence-corrected chi connectivity index (χ1v) is 13.7. The molecule has 2 aromatic rings. The quantitative estimate of drug-likeness (QED) is 0.233. The number of hydrogen-bond donors (Lipinski definition) is 0. The van der Waals surface area contributed by atoms with Gasteiger partial charge in [0.1, 0.15) is 0 Å². The summed E-state index contributed by atoms with van der Waals surface area (Å²) in [6.45, 7) is 20.2. The number of benzene rings is 2. The summed E-state index contributed by atoms with van der Waals surface area (Å²) in [5.74, 6) is 0. The summed E-state index contributed by atoms with van der Waals surface area (Å²) in [4.78, 5) is 0. The minimum atomic E-state index is 0. The summed E-state index contributed by atoms with van der Waals surface area (Å²) in [5.41, 5.74) is 2.65. The number of hydrogen-bond acceptors (Lipinski definition) is 0. The van der Waals surface area contributed by atoms with E-state index in [1.165, 1.54) is 17.2 Å². The van der Waals surface area contributed by atoms with Gasteiger partial charge in [-0.2, -0.15) is 0 Å². The Kier molecular flexibility index (Phi) is 57.6. The third-order valence-electron chi connectivity index (χ3n) is 2.16. The zero-order valence-electron chi connectivity index (χ0n) is 17.4. The smallest absolute Gasteiger partial charge is 0 e. The fraction of sp³-hybridized carbons (Fsp3) is 0.261. The van der Waals surface area contributed by atoms with Crippen molar-refractivity contribution in [3.8, 4) is 0 Å². The normalized spacial score (nSPS) is 6.93. The maximum Gasteiger partial charge on any atom is 0 e. The van der Waals surface area contributed by atoms with E-state index in [-0.39, 0.29) is 32.7 Å². The fourth-order valence-electron chi connectivity index (χ4n) is 1.32. The summed E-state index contributed by atoms with van der Waals surface area (Å²) < 4.78 is 0. The Morgan fingerprint density at radius 1 is 0.852 bits per heavy atom. The van der Waals surface area contributed by atoms with Gasteiger partial charge in [0.25, 0.3) is 0 Å². The van der Waals surface area contributed by atoms with Gasteiger partial charge in [-0.1, -0.05) is 100.0 Å². The molecule has 0 saturated heterocycles. The van der Waals surface area contributed by atoms with Crippen LogP contribution in [0, 0.1) is 13.8 Å². The average Bonchev–Trinajstić information content (AvgIpc) is 2.69. The maximum atomic E-state index is 3.66. The molecular formula is C23H35Br2CoY-. The predicted molar refractivity (Wildman–Crippen MR) is 128 cm³/mol. The molecular weight excluding hydrogens is 584 g/mol. The molecule has 0 aliphatic rings. The molecule has 0 atom stereocenters. The molecule has 0 aliphatic heterocycles. The molecule has 0 heterocycles. The standard InChI is InChI=1S/C9H10.C7H8.C3H5.2C2H6.2BrH.Co.Y/c1-2-6-9-7-4-3-5-8-9;1-7-5-3-2-4-6-7;1-3-2;2*1-2;;;;/h2-5,7-8H,1,6H2;2-6H,1H3;3H,1-2H2;2*1-2H3;2*1H;;/q;;-1;;;;;+2;/p-2. The van der Waals surface area contributed by atoms with E-state index in [9.17, 15) is 0 Å². The first-order chi connectivity index (χ1) is 12.7. The summed E-state index contributed by atoms with van der Waals surface area (Å²) in [6.07, 6.45) is 4.39. The summed E-state index contributed by atoms with van der Waals surface area (Å²) in [7, 11) is 0. The van der Waals surface area contributed by atoms with Crippen LogP contribution in [0.1, 0.15) is 38.8 Å². The Balaban J connectivity index is -0.0000000804. The molecule has 2 rings (SSSR count). The molecule has 0 aliphatic carbocycles. The Bertz CT molecular complexity index is 462. The van der Waals surface area contributed by atoms with Crippen LogP contribution >= 0.6 is 28.3 Å². The largest absolute Gasteiger partial charge is 0 e. The van der Waals surface area contributed by atoms with E-state index in [2.05, 4.69) is 79.6 Å².